The number of carbonyl (C=O) groups excluding carboxylic acids is 1. The van der Waals surface area contributed by atoms with Gasteiger partial charge in [-0.15, -0.1) is 0 Å². The second-order valence-electron chi connectivity index (χ2n) is 6.79. The molecule has 0 saturated carbocycles. The van der Waals surface area contributed by atoms with Gasteiger partial charge in [0, 0.05) is 6.04 Å². The fourth-order valence-corrected chi connectivity index (χ4v) is 4.00. The second kappa shape index (κ2) is 8.36. The van der Waals surface area contributed by atoms with E-state index in [1.807, 2.05) is 26.0 Å². The lowest BCUT2D eigenvalue weighted by molar-refractivity contribution is -0.120. The highest BCUT2D eigenvalue weighted by molar-refractivity contribution is 7.92. The number of carbonyl (C=O) groups is 1. The third-order valence-corrected chi connectivity index (χ3v) is 5.70. The predicted molar refractivity (Wildman–Crippen MR) is 105 cm³/mol. The molecule has 0 unspecified atom stereocenters. The Kier molecular flexibility index (Phi) is 6.42. The van der Waals surface area contributed by atoms with Crippen LogP contribution in [0.25, 0.3) is 0 Å². The first-order valence-corrected chi connectivity index (χ1v) is 10.1. The van der Waals surface area contributed by atoms with Gasteiger partial charge in [-0.05, 0) is 49.6 Å². The minimum atomic E-state index is -3.85. The van der Waals surface area contributed by atoms with Gasteiger partial charge in [-0.1, -0.05) is 44.2 Å². The Bertz CT molecular complexity index is 829. The van der Waals surface area contributed by atoms with Gasteiger partial charge < -0.3 is 5.32 Å². The Hall–Kier alpha value is -2.34. The van der Waals surface area contributed by atoms with Crippen molar-refractivity contribution in [3.63, 3.8) is 0 Å². The number of benzene rings is 2. The molecule has 0 fully saturated rings. The van der Waals surface area contributed by atoms with Gasteiger partial charge in [0.1, 0.15) is 6.54 Å². The first kappa shape index (κ1) is 20.0. The molecule has 2 aromatic rings. The smallest absolute Gasteiger partial charge is 0.264 e. The van der Waals surface area contributed by atoms with E-state index < -0.39 is 10.0 Å². The summed E-state index contributed by atoms with van der Waals surface area (Å²) in [6.07, 6.45) is 0. The summed E-state index contributed by atoms with van der Waals surface area (Å²) < 4.78 is 27.4. The lowest BCUT2D eigenvalue weighted by Crippen LogP contribution is -2.42. The Labute approximate surface area is 156 Å². The zero-order valence-electron chi connectivity index (χ0n) is 15.6. The summed E-state index contributed by atoms with van der Waals surface area (Å²) in [6.45, 7) is 7.56. The predicted octanol–water partition coefficient (Wildman–Crippen LogP) is 3.53. The number of rotatable bonds is 7. The third-order valence-electron chi connectivity index (χ3n) is 3.92. The Balaban J connectivity index is 2.43. The van der Waals surface area contributed by atoms with Crippen molar-refractivity contribution < 1.29 is 13.2 Å². The molecule has 5 nitrogen and oxygen atoms in total. The molecule has 0 aromatic heterocycles. The van der Waals surface area contributed by atoms with Crippen LogP contribution in [0.15, 0.2) is 59.5 Å². The first-order chi connectivity index (χ1) is 12.2. The van der Waals surface area contributed by atoms with Crippen LogP contribution in [0.2, 0.25) is 0 Å². The molecule has 0 spiro atoms. The highest BCUT2D eigenvalue weighted by atomic mass is 32.2. The lowest BCUT2D eigenvalue weighted by atomic mass is 10.0. The topological polar surface area (TPSA) is 66.5 Å². The van der Waals surface area contributed by atoms with Crippen LogP contribution < -0.4 is 9.62 Å². The number of amides is 1. The molecule has 0 radical (unpaired) electrons. The van der Waals surface area contributed by atoms with Gasteiger partial charge in [0.05, 0.1) is 10.6 Å². The first-order valence-electron chi connectivity index (χ1n) is 8.69. The van der Waals surface area contributed by atoms with E-state index in [0.29, 0.717) is 11.6 Å². The molecule has 6 heteroatoms. The molecule has 140 valence electrons. The van der Waals surface area contributed by atoms with Crippen molar-refractivity contribution in [2.45, 2.75) is 44.6 Å². The molecule has 0 bridgehead atoms. The average molecular weight is 375 g/mol. The fraction of sp³-hybridized carbons (Fsp3) is 0.350. The molecular formula is C20H26N2O3S. The van der Waals surface area contributed by atoms with Crippen molar-refractivity contribution in [2.75, 3.05) is 10.8 Å². The second-order valence-corrected chi connectivity index (χ2v) is 8.66. The van der Waals surface area contributed by atoms with Gasteiger partial charge in [-0.25, -0.2) is 8.42 Å². The largest absolute Gasteiger partial charge is 0.352 e. The van der Waals surface area contributed by atoms with Crippen LogP contribution in [0.3, 0.4) is 0 Å². The summed E-state index contributed by atoms with van der Waals surface area (Å²) in [4.78, 5) is 12.4. The van der Waals surface area contributed by atoms with Crippen LogP contribution in [0, 0.1) is 0 Å². The van der Waals surface area contributed by atoms with E-state index in [4.69, 9.17) is 0 Å². The van der Waals surface area contributed by atoms with Gasteiger partial charge in [0.15, 0.2) is 0 Å². The van der Waals surface area contributed by atoms with E-state index in [-0.39, 0.29) is 23.4 Å². The van der Waals surface area contributed by atoms with E-state index in [0.717, 1.165) is 9.87 Å². The zero-order valence-corrected chi connectivity index (χ0v) is 16.5. The van der Waals surface area contributed by atoms with Gasteiger partial charge in [-0.3, -0.25) is 9.10 Å². The van der Waals surface area contributed by atoms with Crippen molar-refractivity contribution >= 4 is 21.6 Å². The molecule has 0 saturated heterocycles. The van der Waals surface area contributed by atoms with Crippen molar-refractivity contribution in [3.8, 4) is 0 Å². The number of sulfonamides is 1. The highest BCUT2D eigenvalue weighted by Gasteiger charge is 2.27. The molecule has 26 heavy (non-hydrogen) atoms. The highest BCUT2D eigenvalue weighted by Crippen LogP contribution is 2.25. The van der Waals surface area contributed by atoms with Crippen LogP contribution in [0.5, 0.6) is 0 Å². The van der Waals surface area contributed by atoms with Crippen molar-refractivity contribution in [3.05, 3.63) is 60.2 Å². The molecule has 2 rings (SSSR count). The molecule has 0 heterocycles. The number of anilines is 1. The molecule has 0 aliphatic carbocycles. The summed E-state index contributed by atoms with van der Waals surface area (Å²) in [5, 5.41) is 2.75. The quantitative estimate of drug-likeness (QED) is 0.806. The maximum absolute atomic E-state index is 13.1. The minimum Gasteiger partial charge on any atom is -0.352 e. The van der Waals surface area contributed by atoms with E-state index >= 15 is 0 Å². The van der Waals surface area contributed by atoms with Crippen LogP contribution in [0.1, 0.15) is 39.2 Å². The van der Waals surface area contributed by atoms with Crippen LogP contribution in [-0.4, -0.2) is 26.9 Å². The molecule has 0 atom stereocenters. The van der Waals surface area contributed by atoms with Crippen LogP contribution in [-0.2, 0) is 14.8 Å². The molecule has 0 aliphatic rings. The summed E-state index contributed by atoms with van der Waals surface area (Å²) in [7, 11) is -3.85. The SMILES string of the molecule is CC(C)NC(=O)CN(c1ccc(C(C)C)cc1)S(=O)(=O)c1ccccc1. The van der Waals surface area contributed by atoms with Crippen molar-refractivity contribution in [1.82, 2.24) is 5.32 Å². The zero-order chi connectivity index (χ0) is 19.3. The monoisotopic (exact) mass is 374 g/mol. The molecule has 1 amide bonds. The number of hydrogen-bond acceptors (Lipinski definition) is 3. The summed E-state index contributed by atoms with van der Waals surface area (Å²) in [5.41, 5.74) is 1.58. The molecule has 1 N–H and O–H groups in total. The van der Waals surface area contributed by atoms with Gasteiger partial charge >= 0.3 is 0 Å². The Morgan fingerprint density at radius 3 is 2.04 bits per heavy atom. The van der Waals surface area contributed by atoms with E-state index in [9.17, 15) is 13.2 Å². The van der Waals surface area contributed by atoms with Gasteiger partial charge in [0.25, 0.3) is 10.0 Å². The maximum Gasteiger partial charge on any atom is 0.264 e. The Morgan fingerprint density at radius 2 is 1.54 bits per heavy atom. The van der Waals surface area contributed by atoms with E-state index in [1.165, 1.54) is 12.1 Å². The fourth-order valence-electron chi connectivity index (χ4n) is 2.56. The van der Waals surface area contributed by atoms with Crippen molar-refractivity contribution in [1.29, 1.82) is 0 Å². The van der Waals surface area contributed by atoms with Gasteiger partial charge in [0.2, 0.25) is 5.91 Å². The van der Waals surface area contributed by atoms with Gasteiger partial charge in [-0.2, -0.15) is 0 Å². The van der Waals surface area contributed by atoms with Crippen molar-refractivity contribution in [2.24, 2.45) is 0 Å². The normalized spacial score (nSPS) is 11.6. The average Bonchev–Trinajstić information content (AvgIpc) is 2.60. The molecular weight excluding hydrogens is 348 g/mol. The van der Waals surface area contributed by atoms with E-state index in [1.54, 1.807) is 30.3 Å². The Morgan fingerprint density at radius 1 is 0.962 bits per heavy atom. The lowest BCUT2D eigenvalue weighted by Gasteiger charge is -2.25. The van der Waals surface area contributed by atoms with E-state index in [2.05, 4.69) is 19.2 Å². The van der Waals surface area contributed by atoms with Crippen LogP contribution in [0.4, 0.5) is 5.69 Å². The number of nitrogens with one attached hydrogen (secondary N) is 1. The minimum absolute atomic E-state index is 0.0629. The van der Waals surface area contributed by atoms with Crippen LogP contribution >= 0.6 is 0 Å². The number of hydrogen-bond donors (Lipinski definition) is 1. The molecule has 0 aliphatic heterocycles. The maximum atomic E-state index is 13.1. The standard InChI is InChI=1S/C20H26N2O3S/c1-15(2)17-10-12-18(13-11-17)22(14-20(23)21-16(3)4)26(24,25)19-8-6-5-7-9-19/h5-13,15-16H,14H2,1-4H3,(H,21,23). The number of nitrogens with zero attached hydrogens (tertiary/aromatic N) is 1. The third kappa shape index (κ3) is 4.85. The molecule has 2 aromatic carbocycles. The summed E-state index contributed by atoms with van der Waals surface area (Å²) >= 11 is 0. The summed E-state index contributed by atoms with van der Waals surface area (Å²) in [5.74, 6) is -0.0000812. The summed E-state index contributed by atoms with van der Waals surface area (Å²) in [6, 6.07) is 15.4.